The standard InChI is InChI=1S/C20H30N2O2S/c1-13(2)9-17-12-25-20(22(17)11-14(3)4)21-18-8-7-16(10-15(18)5)19(23)24-6/h7-8,10,13-14,17H,9,11-12H2,1-6H3/b21-20-. The Kier molecular flexibility index (Phi) is 6.94. The van der Waals surface area contributed by atoms with Crippen molar-refractivity contribution in [1.29, 1.82) is 0 Å². The lowest BCUT2D eigenvalue weighted by Gasteiger charge is -2.29. The number of nitrogens with zero attached hydrogens (tertiary/aromatic N) is 2. The Morgan fingerprint density at radius 3 is 2.60 bits per heavy atom. The summed E-state index contributed by atoms with van der Waals surface area (Å²) >= 11 is 1.85. The maximum absolute atomic E-state index is 11.7. The van der Waals surface area contributed by atoms with E-state index in [9.17, 15) is 4.79 Å². The highest BCUT2D eigenvalue weighted by Crippen LogP contribution is 2.32. The first-order chi connectivity index (χ1) is 11.8. The molecule has 1 unspecified atom stereocenters. The summed E-state index contributed by atoms with van der Waals surface area (Å²) in [6.07, 6.45) is 1.19. The number of esters is 1. The van der Waals surface area contributed by atoms with Crippen molar-refractivity contribution < 1.29 is 9.53 Å². The smallest absolute Gasteiger partial charge is 0.337 e. The fraction of sp³-hybridized carbons (Fsp3) is 0.600. The van der Waals surface area contributed by atoms with Crippen molar-refractivity contribution in [1.82, 2.24) is 4.90 Å². The van der Waals surface area contributed by atoms with E-state index in [1.807, 2.05) is 30.8 Å². The zero-order valence-electron chi connectivity index (χ0n) is 16.2. The lowest BCUT2D eigenvalue weighted by molar-refractivity contribution is 0.0600. The van der Waals surface area contributed by atoms with Gasteiger partial charge >= 0.3 is 5.97 Å². The van der Waals surface area contributed by atoms with Crippen molar-refractivity contribution in [3.05, 3.63) is 29.3 Å². The van der Waals surface area contributed by atoms with E-state index in [0.29, 0.717) is 23.4 Å². The molecule has 0 bridgehead atoms. The Morgan fingerprint density at radius 2 is 2.04 bits per heavy atom. The topological polar surface area (TPSA) is 41.9 Å². The Balaban J connectivity index is 2.27. The normalized spacial score (nSPS) is 19.3. The minimum Gasteiger partial charge on any atom is -0.465 e. The Morgan fingerprint density at radius 1 is 1.32 bits per heavy atom. The SMILES string of the molecule is COC(=O)c1ccc(/N=C2\SCC(CC(C)C)N2CC(C)C)c(C)c1. The summed E-state index contributed by atoms with van der Waals surface area (Å²) in [7, 11) is 1.40. The third-order valence-electron chi connectivity index (χ3n) is 4.23. The number of aryl methyl sites for hydroxylation is 1. The number of rotatable bonds is 6. The predicted molar refractivity (Wildman–Crippen MR) is 107 cm³/mol. The lowest BCUT2D eigenvalue weighted by atomic mass is 10.0. The second-order valence-corrected chi connectivity index (χ2v) is 8.51. The van der Waals surface area contributed by atoms with Crippen LogP contribution in [0.1, 0.15) is 50.0 Å². The molecule has 1 aromatic carbocycles. The van der Waals surface area contributed by atoms with Gasteiger partial charge in [0.1, 0.15) is 0 Å². The Hall–Kier alpha value is -1.49. The van der Waals surface area contributed by atoms with Crippen LogP contribution in [0.25, 0.3) is 0 Å². The fourth-order valence-electron chi connectivity index (χ4n) is 3.09. The third-order valence-corrected chi connectivity index (χ3v) is 5.37. The van der Waals surface area contributed by atoms with E-state index in [4.69, 9.17) is 9.73 Å². The van der Waals surface area contributed by atoms with Crippen molar-refractivity contribution in [2.75, 3.05) is 19.4 Å². The van der Waals surface area contributed by atoms with Gasteiger partial charge in [0.15, 0.2) is 5.17 Å². The largest absolute Gasteiger partial charge is 0.465 e. The molecule has 0 spiro atoms. The highest BCUT2D eigenvalue weighted by atomic mass is 32.2. The maximum Gasteiger partial charge on any atom is 0.337 e. The van der Waals surface area contributed by atoms with E-state index < -0.39 is 0 Å². The van der Waals surface area contributed by atoms with E-state index in [0.717, 1.165) is 28.7 Å². The van der Waals surface area contributed by atoms with Crippen molar-refractivity contribution in [3.8, 4) is 0 Å². The van der Waals surface area contributed by atoms with Crippen LogP contribution in [0.4, 0.5) is 5.69 Å². The molecule has 1 heterocycles. The molecule has 0 amide bonds. The minimum atomic E-state index is -0.309. The molecule has 1 aliphatic rings. The molecule has 1 saturated heterocycles. The molecule has 5 heteroatoms. The molecule has 1 aliphatic heterocycles. The van der Waals surface area contributed by atoms with Crippen molar-refractivity contribution >= 4 is 28.6 Å². The van der Waals surface area contributed by atoms with E-state index in [1.165, 1.54) is 13.5 Å². The molecule has 1 fully saturated rings. The van der Waals surface area contributed by atoms with Gasteiger partial charge in [0.2, 0.25) is 0 Å². The zero-order valence-corrected chi connectivity index (χ0v) is 17.0. The molecule has 25 heavy (non-hydrogen) atoms. The number of carbonyl (C=O) groups is 1. The van der Waals surface area contributed by atoms with Gasteiger partial charge in [-0.3, -0.25) is 0 Å². The van der Waals surface area contributed by atoms with Gasteiger partial charge in [-0.2, -0.15) is 0 Å². The number of hydrogen-bond donors (Lipinski definition) is 0. The van der Waals surface area contributed by atoms with Gasteiger partial charge < -0.3 is 9.64 Å². The highest BCUT2D eigenvalue weighted by molar-refractivity contribution is 8.14. The van der Waals surface area contributed by atoms with Gasteiger partial charge in [0.25, 0.3) is 0 Å². The van der Waals surface area contributed by atoms with Crippen LogP contribution in [0.3, 0.4) is 0 Å². The Bertz CT molecular complexity index is 641. The molecule has 0 aromatic heterocycles. The molecular weight excluding hydrogens is 332 g/mol. The Labute approximate surface area is 156 Å². The first kappa shape index (κ1) is 19.8. The number of aliphatic imine (C=N–C) groups is 1. The third kappa shape index (κ3) is 5.24. The van der Waals surface area contributed by atoms with Crippen molar-refractivity contribution in [3.63, 3.8) is 0 Å². The summed E-state index contributed by atoms with van der Waals surface area (Å²) in [4.78, 5) is 19.1. The van der Waals surface area contributed by atoms with Crippen LogP contribution >= 0.6 is 11.8 Å². The van der Waals surface area contributed by atoms with Crippen molar-refractivity contribution in [2.45, 2.75) is 47.1 Å². The molecule has 0 saturated carbocycles. The van der Waals surface area contributed by atoms with E-state index in [2.05, 4.69) is 32.6 Å². The van der Waals surface area contributed by atoms with Crippen LogP contribution < -0.4 is 0 Å². The molecule has 4 nitrogen and oxygen atoms in total. The van der Waals surface area contributed by atoms with Gasteiger partial charge in [-0.15, -0.1) is 0 Å². The summed E-state index contributed by atoms with van der Waals surface area (Å²) in [6.45, 7) is 12.1. The average molecular weight is 363 g/mol. The number of hydrogen-bond acceptors (Lipinski definition) is 4. The summed E-state index contributed by atoms with van der Waals surface area (Å²) in [5, 5.41) is 1.10. The number of amidine groups is 1. The summed E-state index contributed by atoms with van der Waals surface area (Å²) < 4.78 is 4.79. The van der Waals surface area contributed by atoms with Crippen LogP contribution in [-0.2, 0) is 4.74 Å². The van der Waals surface area contributed by atoms with Gasteiger partial charge in [-0.25, -0.2) is 9.79 Å². The van der Waals surface area contributed by atoms with E-state index in [-0.39, 0.29) is 5.97 Å². The first-order valence-electron chi connectivity index (χ1n) is 8.98. The molecule has 138 valence electrons. The quantitative estimate of drug-likeness (QED) is 0.676. The number of methoxy groups -OCH3 is 1. The zero-order chi connectivity index (χ0) is 18.6. The van der Waals surface area contributed by atoms with Crippen molar-refractivity contribution in [2.24, 2.45) is 16.8 Å². The molecule has 2 rings (SSSR count). The van der Waals surface area contributed by atoms with E-state index >= 15 is 0 Å². The van der Waals surface area contributed by atoms with Crippen LogP contribution in [0.5, 0.6) is 0 Å². The van der Waals surface area contributed by atoms with Crippen LogP contribution in [0.15, 0.2) is 23.2 Å². The van der Waals surface area contributed by atoms with Gasteiger partial charge in [0, 0.05) is 18.3 Å². The highest BCUT2D eigenvalue weighted by Gasteiger charge is 2.31. The monoisotopic (exact) mass is 362 g/mol. The van der Waals surface area contributed by atoms with Gasteiger partial charge in [0.05, 0.1) is 18.4 Å². The van der Waals surface area contributed by atoms with E-state index in [1.54, 1.807) is 6.07 Å². The summed E-state index contributed by atoms with van der Waals surface area (Å²) in [5.41, 5.74) is 2.49. The average Bonchev–Trinajstić information content (AvgIpc) is 2.89. The molecule has 1 atom stereocenters. The number of thioether (sulfide) groups is 1. The minimum absolute atomic E-state index is 0.309. The first-order valence-corrected chi connectivity index (χ1v) is 9.97. The molecular formula is C20H30N2O2S. The number of benzene rings is 1. The molecule has 1 aromatic rings. The maximum atomic E-state index is 11.7. The second-order valence-electron chi connectivity index (χ2n) is 7.53. The number of ether oxygens (including phenoxy) is 1. The van der Waals surface area contributed by atoms with Gasteiger partial charge in [-0.1, -0.05) is 39.5 Å². The second kappa shape index (κ2) is 8.75. The lowest BCUT2D eigenvalue weighted by Crippen LogP contribution is -2.37. The molecule has 0 N–H and O–H groups in total. The number of carbonyl (C=O) groups excluding carboxylic acids is 1. The van der Waals surface area contributed by atoms with Crippen LogP contribution in [0, 0.1) is 18.8 Å². The molecule has 0 aliphatic carbocycles. The summed E-state index contributed by atoms with van der Waals surface area (Å²) in [5.74, 6) is 2.07. The fourth-order valence-corrected chi connectivity index (χ4v) is 4.29. The van der Waals surface area contributed by atoms with Crippen LogP contribution in [0.2, 0.25) is 0 Å². The summed E-state index contributed by atoms with van der Waals surface area (Å²) in [6, 6.07) is 6.11. The predicted octanol–water partition coefficient (Wildman–Crippen LogP) is 4.89. The van der Waals surface area contributed by atoms with Crippen LogP contribution in [-0.4, -0.2) is 41.5 Å². The van der Waals surface area contributed by atoms with Gasteiger partial charge in [-0.05, 0) is 48.9 Å². The molecule has 0 radical (unpaired) electrons.